The first-order valence-electron chi connectivity index (χ1n) is 2.93. The van der Waals surface area contributed by atoms with Crippen LogP contribution >= 0.6 is 12.2 Å². The number of nitrogens with one attached hydrogen (secondary N) is 2. The third-order valence-corrected chi connectivity index (χ3v) is 1.47. The Morgan fingerprint density at radius 1 is 1.73 bits per heavy atom. The van der Waals surface area contributed by atoms with Crippen molar-refractivity contribution in [2.45, 2.75) is 12.5 Å². The van der Waals surface area contributed by atoms with E-state index in [1.165, 1.54) is 0 Å². The maximum absolute atomic E-state index is 10.7. The normalized spacial score (nSPS) is 23.8. The summed E-state index contributed by atoms with van der Waals surface area (Å²) in [6.07, 6.45) is -0.0739. The van der Waals surface area contributed by atoms with Gasteiger partial charge in [0.2, 0.25) is 5.91 Å². The van der Waals surface area contributed by atoms with Crippen molar-refractivity contribution < 1.29 is 14.7 Å². The van der Waals surface area contributed by atoms with Crippen LogP contribution in [0.5, 0.6) is 0 Å². The van der Waals surface area contributed by atoms with E-state index in [1.807, 2.05) is 0 Å². The second-order valence-corrected chi connectivity index (χ2v) is 2.52. The van der Waals surface area contributed by atoms with Crippen molar-refractivity contribution in [2.75, 3.05) is 0 Å². The molecule has 0 aliphatic carbocycles. The molecule has 0 bridgehead atoms. The topological polar surface area (TPSA) is 78.4 Å². The van der Waals surface area contributed by atoms with Crippen molar-refractivity contribution in [3.05, 3.63) is 0 Å². The minimum absolute atomic E-state index is 0.0739. The summed E-state index contributed by atoms with van der Waals surface area (Å²) < 4.78 is 0. The lowest BCUT2D eigenvalue weighted by Gasteiger charge is -2.21. The molecule has 11 heavy (non-hydrogen) atoms. The van der Waals surface area contributed by atoms with Gasteiger partial charge in [0.05, 0.1) is 6.42 Å². The molecule has 1 aliphatic heterocycles. The van der Waals surface area contributed by atoms with Crippen LogP contribution in [0.1, 0.15) is 6.42 Å². The van der Waals surface area contributed by atoms with Gasteiger partial charge in [0, 0.05) is 0 Å². The number of rotatable bonds is 1. The summed E-state index contributed by atoms with van der Waals surface area (Å²) in [5, 5.41) is 13.3. The molecule has 1 fully saturated rings. The van der Waals surface area contributed by atoms with Crippen molar-refractivity contribution in [1.29, 1.82) is 0 Å². The lowest BCUT2D eigenvalue weighted by molar-refractivity contribution is -0.141. The highest BCUT2D eigenvalue weighted by molar-refractivity contribution is 7.80. The summed E-state index contributed by atoms with van der Waals surface area (Å²) in [4.78, 5) is 21.0. The van der Waals surface area contributed by atoms with Gasteiger partial charge >= 0.3 is 5.97 Å². The number of aliphatic carboxylic acids is 1. The molecule has 1 amide bonds. The van der Waals surface area contributed by atoms with Crippen LogP contribution in [0.15, 0.2) is 0 Å². The van der Waals surface area contributed by atoms with E-state index in [9.17, 15) is 9.59 Å². The minimum atomic E-state index is -1.07. The van der Waals surface area contributed by atoms with Crippen molar-refractivity contribution in [1.82, 2.24) is 10.6 Å². The van der Waals surface area contributed by atoms with E-state index < -0.39 is 12.0 Å². The second kappa shape index (κ2) is 2.83. The number of thiocarbonyl (C=S) groups is 1. The maximum atomic E-state index is 10.7. The molecule has 1 rings (SSSR count). The molecule has 5 nitrogen and oxygen atoms in total. The van der Waals surface area contributed by atoms with Gasteiger partial charge in [0.1, 0.15) is 6.04 Å². The Morgan fingerprint density at radius 2 is 2.36 bits per heavy atom. The van der Waals surface area contributed by atoms with E-state index in [0.717, 1.165) is 0 Å². The lowest BCUT2D eigenvalue weighted by Crippen LogP contribution is -2.54. The molecular formula is C5H6N2O3S. The molecule has 0 aromatic rings. The number of amides is 1. The van der Waals surface area contributed by atoms with Crippen LogP contribution in [-0.2, 0) is 9.59 Å². The van der Waals surface area contributed by atoms with Gasteiger partial charge in [-0.05, 0) is 12.2 Å². The monoisotopic (exact) mass is 174 g/mol. The number of carboxylic acid groups (broad SMARTS) is 1. The molecule has 1 heterocycles. The van der Waals surface area contributed by atoms with Crippen molar-refractivity contribution in [3.63, 3.8) is 0 Å². The first-order chi connectivity index (χ1) is 5.09. The smallest absolute Gasteiger partial charge is 0.326 e. The van der Waals surface area contributed by atoms with Crippen LogP contribution in [0.25, 0.3) is 0 Å². The summed E-state index contributed by atoms with van der Waals surface area (Å²) >= 11 is 4.57. The third-order valence-electron chi connectivity index (χ3n) is 1.25. The number of carbonyl (C=O) groups excluding carboxylic acids is 1. The number of hydrogen-bond donors (Lipinski definition) is 3. The van der Waals surface area contributed by atoms with Gasteiger partial charge in [-0.25, -0.2) is 4.79 Å². The molecule has 1 unspecified atom stereocenters. The molecule has 6 heteroatoms. The highest BCUT2D eigenvalue weighted by Crippen LogP contribution is 1.97. The molecule has 0 aromatic carbocycles. The van der Waals surface area contributed by atoms with Crippen LogP contribution in [0.3, 0.4) is 0 Å². The highest BCUT2D eigenvalue weighted by Gasteiger charge is 2.26. The van der Waals surface area contributed by atoms with E-state index in [0.29, 0.717) is 0 Å². The van der Waals surface area contributed by atoms with E-state index in [1.54, 1.807) is 0 Å². The molecule has 1 saturated heterocycles. The van der Waals surface area contributed by atoms with Gasteiger partial charge < -0.3 is 15.7 Å². The molecule has 3 N–H and O–H groups in total. The fraction of sp³-hybridized carbons (Fsp3) is 0.400. The zero-order valence-corrected chi connectivity index (χ0v) is 6.27. The SMILES string of the molecule is O=C1CC(C(=O)O)NC(=S)N1. The number of hydrogen-bond acceptors (Lipinski definition) is 3. The second-order valence-electron chi connectivity index (χ2n) is 2.12. The summed E-state index contributed by atoms with van der Waals surface area (Å²) in [5.74, 6) is -1.43. The largest absolute Gasteiger partial charge is 0.480 e. The number of carboxylic acids is 1. The Balaban J connectivity index is 2.63. The van der Waals surface area contributed by atoms with Crippen LogP contribution < -0.4 is 10.6 Å². The van der Waals surface area contributed by atoms with Crippen LogP contribution in [0.2, 0.25) is 0 Å². The molecule has 0 saturated carbocycles. The van der Waals surface area contributed by atoms with E-state index in [2.05, 4.69) is 22.9 Å². The highest BCUT2D eigenvalue weighted by atomic mass is 32.1. The fourth-order valence-corrected chi connectivity index (χ4v) is 1.01. The van der Waals surface area contributed by atoms with Gasteiger partial charge in [-0.2, -0.15) is 0 Å². The van der Waals surface area contributed by atoms with E-state index in [4.69, 9.17) is 5.11 Å². The van der Waals surface area contributed by atoms with Crippen LogP contribution in [-0.4, -0.2) is 28.1 Å². The molecule has 0 radical (unpaired) electrons. The molecule has 0 spiro atoms. The quantitative estimate of drug-likeness (QED) is 0.437. The maximum Gasteiger partial charge on any atom is 0.326 e. The Morgan fingerprint density at radius 3 is 2.82 bits per heavy atom. The molecule has 60 valence electrons. The lowest BCUT2D eigenvalue weighted by atomic mass is 10.2. The van der Waals surface area contributed by atoms with Gasteiger partial charge in [0.15, 0.2) is 5.11 Å². The zero-order chi connectivity index (χ0) is 8.43. The molecule has 0 aromatic heterocycles. The summed E-state index contributed by atoms with van der Waals surface area (Å²) in [6.45, 7) is 0. The van der Waals surface area contributed by atoms with Crippen LogP contribution in [0.4, 0.5) is 0 Å². The molecular weight excluding hydrogens is 168 g/mol. The van der Waals surface area contributed by atoms with E-state index in [-0.39, 0.29) is 17.4 Å². The molecule has 1 atom stereocenters. The average Bonchev–Trinajstić information content (AvgIpc) is 1.85. The van der Waals surface area contributed by atoms with E-state index >= 15 is 0 Å². The Kier molecular flexibility index (Phi) is 2.04. The van der Waals surface area contributed by atoms with Crippen molar-refractivity contribution in [3.8, 4) is 0 Å². The van der Waals surface area contributed by atoms with Crippen LogP contribution in [0, 0.1) is 0 Å². The van der Waals surface area contributed by atoms with Crippen molar-refractivity contribution >= 4 is 29.2 Å². The Bertz CT molecular complexity index is 212. The van der Waals surface area contributed by atoms with Crippen molar-refractivity contribution in [2.24, 2.45) is 0 Å². The minimum Gasteiger partial charge on any atom is -0.480 e. The van der Waals surface area contributed by atoms with Gasteiger partial charge in [-0.3, -0.25) is 4.79 Å². The van der Waals surface area contributed by atoms with Gasteiger partial charge in [0.25, 0.3) is 0 Å². The predicted molar refractivity (Wildman–Crippen MR) is 39.9 cm³/mol. The predicted octanol–water partition coefficient (Wildman–Crippen LogP) is -1.17. The third kappa shape index (κ3) is 1.87. The molecule has 1 aliphatic rings. The summed E-state index contributed by atoms with van der Waals surface area (Å²) in [7, 11) is 0. The average molecular weight is 174 g/mol. The Labute approximate surface area is 67.8 Å². The number of carbonyl (C=O) groups is 2. The first-order valence-corrected chi connectivity index (χ1v) is 3.33. The van der Waals surface area contributed by atoms with Gasteiger partial charge in [-0.15, -0.1) is 0 Å². The zero-order valence-electron chi connectivity index (χ0n) is 5.46. The standard InChI is InChI=1S/C5H6N2O3S/c8-3-1-2(4(9)10)6-5(11)7-3/h2H,1H2,(H,9,10)(H2,6,7,8,11). The summed E-state index contributed by atoms with van der Waals surface area (Å²) in [6, 6.07) is -0.878. The fourth-order valence-electron chi connectivity index (χ4n) is 0.757. The Hall–Kier alpha value is -1.17. The van der Waals surface area contributed by atoms with Gasteiger partial charge in [-0.1, -0.05) is 0 Å². The summed E-state index contributed by atoms with van der Waals surface area (Å²) in [5.41, 5.74) is 0. The first kappa shape index (κ1) is 7.93.